The molecule has 4 aromatic heterocycles. The van der Waals surface area contributed by atoms with Gasteiger partial charge in [0.15, 0.2) is 0 Å². The van der Waals surface area contributed by atoms with E-state index in [9.17, 15) is 0 Å². The maximum Gasteiger partial charge on any atom is 0.146 e. The van der Waals surface area contributed by atoms with Crippen LogP contribution in [0.2, 0.25) is 0 Å². The van der Waals surface area contributed by atoms with Crippen molar-refractivity contribution >= 4 is 60.4 Å². The molecule has 0 fully saturated rings. The van der Waals surface area contributed by atoms with Crippen molar-refractivity contribution in [1.82, 2.24) is 18.9 Å². The molecule has 0 atom stereocenters. The number of para-hydroxylation sites is 3. The van der Waals surface area contributed by atoms with Gasteiger partial charge in [-0.05, 0) is 118 Å². The second-order valence-electron chi connectivity index (χ2n) is 15.8. The fourth-order valence-corrected chi connectivity index (χ4v) is 8.83. The molecule has 0 N–H and O–H groups in total. The molecule has 6 heteroatoms. The molecule has 0 spiro atoms. The van der Waals surface area contributed by atoms with Gasteiger partial charge >= 0.3 is 0 Å². The van der Waals surface area contributed by atoms with E-state index in [1.807, 2.05) is 24.3 Å². The molecule has 0 unspecified atom stereocenters. The lowest BCUT2D eigenvalue weighted by atomic mass is 9.88. The molecule has 6 nitrogen and oxygen atoms in total. The van der Waals surface area contributed by atoms with Crippen LogP contribution in [0.1, 0.15) is 50.7 Å². The summed E-state index contributed by atoms with van der Waals surface area (Å²) in [7, 11) is 0. The molecule has 0 radical (unpaired) electrons. The van der Waals surface area contributed by atoms with Crippen LogP contribution in [0.5, 0.6) is 11.5 Å². The predicted molar refractivity (Wildman–Crippen MR) is 238 cm³/mol. The van der Waals surface area contributed by atoms with Crippen LogP contribution in [0.3, 0.4) is 0 Å². The molecular formula is C52H40N4O2. The molecule has 7 aromatic carbocycles. The Labute approximate surface area is 335 Å². The Morgan fingerprint density at radius 2 is 1.24 bits per heavy atom. The zero-order valence-electron chi connectivity index (χ0n) is 32.8. The van der Waals surface area contributed by atoms with Gasteiger partial charge < -0.3 is 9.15 Å². The fraction of sp³-hybridized carbons (Fsp3) is 0.115. The Kier molecular flexibility index (Phi) is 7.76. The molecule has 280 valence electrons. The van der Waals surface area contributed by atoms with Gasteiger partial charge in [-0.15, -0.1) is 0 Å². The highest BCUT2D eigenvalue weighted by atomic mass is 16.5. The van der Waals surface area contributed by atoms with Crippen LogP contribution in [0.4, 0.5) is 0 Å². The molecule has 0 amide bonds. The van der Waals surface area contributed by atoms with Crippen LogP contribution in [0.25, 0.3) is 88.6 Å². The Hall–Kier alpha value is -7.18. The summed E-state index contributed by atoms with van der Waals surface area (Å²) in [5.41, 5.74) is 14.0. The second-order valence-corrected chi connectivity index (χ2v) is 15.8. The Balaban J connectivity index is 1.07. The Bertz CT molecular complexity index is 3360. The van der Waals surface area contributed by atoms with Crippen molar-refractivity contribution in [3.05, 3.63) is 169 Å². The van der Waals surface area contributed by atoms with E-state index >= 15 is 0 Å². The van der Waals surface area contributed by atoms with Crippen LogP contribution in [-0.2, 0) is 0 Å². The number of aromatic nitrogens is 4. The Morgan fingerprint density at radius 1 is 0.517 bits per heavy atom. The lowest BCUT2D eigenvalue weighted by Crippen LogP contribution is -2.09. The molecule has 0 aliphatic carbocycles. The number of nitrogens with zero attached hydrogens (tertiary/aromatic N) is 4. The van der Waals surface area contributed by atoms with Gasteiger partial charge in [-0.3, -0.25) is 8.97 Å². The number of rotatable bonds is 7. The molecule has 4 heterocycles. The smallest absolute Gasteiger partial charge is 0.146 e. The predicted octanol–water partition coefficient (Wildman–Crippen LogP) is 14.3. The zero-order chi connectivity index (χ0) is 39.1. The van der Waals surface area contributed by atoms with Gasteiger partial charge in [0.2, 0.25) is 0 Å². The topological polar surface area (TPSA) is 57.5 Å². The maximum absolute atomic E-state index is 6.76. The van der Waals surface area contributed by atoms with Crippen LogP contribution >= 0.6 is 0 Å². The van der Waals surface area contributed by atoms with Crippen molar-refractivity contribution < 1.29 is 9.15 Å². The average Bonchev–Trinajstić information content (AvgIpc) is 3.99. The van der Waals surface area contributed by atoms with Crippen molar-refractivity contribution in [3.8, 4) is 39.7 Å². The molecule has 58 heavy (non-hydrogen) atoms. The normalized spacial score (nSPS) is 12.1. The number of fused-ring (bicyclic) bond motifs is 11. The highest BCUT2D eigenvalue weighted by molar-refractivity contribution is 6.16. The molecule has 0 aliphatic heterocycles. The van der Waals surface area contributed by atoms with Gasteiger partial charge in [-0.25, -0.2) is 9.97 Å². The summed E-state index contributed by atoms with van der Waals surface area (Å²) in [6.07, 6.45) is 1.75. The third-order valence-electron chi connectivity index (χ3n) is 11.5. The van der Waals surface area contributed by atoms with Crippen molar-refractivity contribution in [1.29, 1.82) is 0 Å². The van der Waals surface area contributed by atoms with Gasteiger partial charge in [0, 0.05) is 21.7 Å². The summed E-state index contributed by atoms with van der Waals surface area (Å²) in [4.78, 5) is 10.5. The number of pyridine rings is 1. The standard InChI is InChI=1S/C52H40N4O2/c1-31(2)41-28-35(33-13-6-5-7-14-33)29-42(32(3)4)49(41)56-47-20-11-9-18-44(47)53-51(56)34-15-12-16-36(27-34)58-37-21-22-38-39-17-8-10-19-46(39)55-50-40-25-26-57-48(40)24-23-45(50)54-52(55)43(38)30-37/h5-32H,1-4H3. The first-order valence-electron chi connectivity index (χ1n) is 20.0. The van der Waals surface area contributed by atoms with Crippen molar-refractivity contribution in [2.45, 2.75) is 39.5 Å². The highest BCUT2D eigenvalue weighted by Crippen LogP contribution is 2.42. The fourth-order valence-electron chi connectivity index (χ4n) is 8.83. The van der Waals surface area contributed by atoms with E-state index < -0.39 is 0 Å². The largest absolute Gasteiger partial charge is 0.464 e. The monoisotopic (exact) mass is 752 g/mol. The first kappa shape index (κ1) is 34.1. The summed E-state index contributed by atoms with van der Waals surface area (Å²) in [5, 5.41) is 4.33. The van der Waals surface area contributed by atoms with E-state index in [0.717, 1.165) is 83.2 Å². The minimum absolute atomic E-state index is 0.273. The first-order chi connectivity index (χ1) is 28.4. The highest BCUT2D eigenvalue weighted by Gasteiger charge is 2.24. The maximum atomic E-state index is 6.76. The Morgan fingerprint density at radius 3 is 2.05 bits per heavy atom. The first-order valence-corrected chi connectivity index (χ1v) is 20.0. The summed E-state index contributed by atoms with van der Waals surface area (Å²) < 4.78 is 17.2. The average molecular weight is 753 g/mol. The number of hydrogen-bond donors (Lipinski definition) is 0. The number of furan rings is 1. The summed E-state index contributed by atoms with van der Waals surface area (Å²) >= 11 is 0. The lowest BCUT2D eigenvalue weighted by Gasteiger charge is -2.24. The van der Waals surface area contributed by atoms with Crippen molar-refractivity contribution in [2.75, 3.05) is 0 Å². The zero-order valence-corrected chi connectivity index (χ0v) is 32.8. The van der Waals surface area contributed by atoms with E-state index in [-0.39, 0.29) is 11.8 Å². The van der Waals surface area contributed by atoms with Crippen molar-refractivity contribution in [2.24, 2.45) is 0 Å². The van der Waals surface area contributed by atoms with Crippen LogP contribution in [-0.4, -0.2) is 18.9 Å². The van der Waals surface area contributed by atoms with E-state index in [0.29, 0.717) is 0 Å². The van der Waals surface area contributed by atoms with Gasteiger partial charge in [0.25, 0.3) is 0 Å². The number of hydrogen-bond acceptors (Lipinski definition) is 4. The third-order valence-corrected chi connectivity index (χ3v) is 11.5. The molecule has 0 bridgehead atoms. The van der Waals surface area contributed by atoms with Crippen LogP contribution in [0, 0.1) is 0 Å². The second kappa shape index (κ2) is 13.2. The van der Waals surface area contributed by atoms with Gasteiger partial charge in [0.05, 0.1) is 39.5 Å². The van der Waals surface area contributed by atoms with E-state index in [4.69, 9.17) is 19.1 Å². The lowest BCUT2D eigenvalue weighted by molar-refractivity contribution is 0.483. The van der Waals surface area contributed by atoms with Gasteiger partial charge in [0.1, 0.15) is 28.6 Å². The molecule has 11 aromatic rings. The van der Waals surface area contributed by atoms with E-state index in [2.05, 4.69) is 164 Å². The number of ether oxygens (including phenoxy) is 1. The quantitative estimate of drug-likeness (QED) is 0.152. The molecule has 11 rings (SSSR count). The van der Waals surface area contributed by atoms with Crippen molar-refractivity contribution in [3.63, 3.8) is 0 Å². The molecule has 0 aliphatic rings. The van der Waals surface area contributed by atoms with Crippen LogP contribution < -0.4 is 4.74 Å². The number of benzene rings is 7. The summed E-state index contributed by atoms with van der Waals surface area (Å²) in [6.45, 7) is 9.15. The molecule has 0 saturated carbocycles. The molecular weight excluding hydrogens is 713 g/mol. The van der Waals surface area contributed by atoms with E-state index in [1.165, 1.54) is 27.9 Å². The molecule has 0 saturated heterocycles. The summed E-state index contributed by atoms with van der Waals surface area (Å²) in [5.74, 6) is 2.89. The van der Waals surface area contributed by atoms with Gasteiger partial charge in [-0.2, -0.15) is 0 Å². The van der Waals surface area contributed by atoms with E-state index in [1.54, 1.807) is 6.26 Å². The minimum Gasteiger partial charge on any atom is -0.464 e. The summed E-state index contributed by atoms with van der Waals surface area (Å²) in [6, 6.07) is 53.1. The third kappa shape index (κ3) is 5.32. The minimum atomic E-state index is 0.273. The number of imidazole rings is 2. The SMILES string of the molecule is CC(C)c1cc(-c2ccccc2)cc(C(C)C)c1-n1c(-c2cccc(Oc3ccc4c5ccccc5n5c(nc6ccc7occc7c65)c4c3)c2)nc2ccccc21. The van der Waals surface area contributed by atoms with Crippen LogP contribution in [0.15, 0.2) is 162 Å². The van der Waals surface area contributed by atoms with Gasteiger partial charge in [-0.1, -0.05) is 100 Å².